The van der Waals surface area contributed by atoms with E-state index in [1.807, 2.05) is 0 Å². The maximum absolute atomic E-state index is 10.7. The van der Waals surface area contributed by atoms with Crippen molar-refractivity contribution in [2.24, 2.45) is 5.14 Å². The molecule has 1 heterocycles. The number of nitro groups is 1. The van der Waals surface area contributed by atoms with Crippen LogP contribution < -0.4 is 5.14 Å². The summed E-state index contributed by atoms with van der Waals surface area (Å²) in [4.78, 5) is 10.2. The number of primary sulfonamides is 1. The van der Waals surface area contributed by atoms with Gasteiger partial charge in [-0.3, -0.25) is 0 Å². The van der Waals surface area contributed by atoms with Crippen LogP contribution in [0.5, 0.6) is 0 Å². The Balaban J connectivity index is 3.36. The van der Waals surface area contributed by atoms with E-state index in [1.54, 1.807) is 0 Å². The van der Waals surface area contributed by atoms with E-state index < -0.39 is 20.1 Å². The fraction of sp³-hybridized carbons (Fsp3) is 0. The van der Waals surface area contributed by atoms with Gasteiger partial charge in [-0.2, -0.15) is 0 Å². The van der Waals surface area contributed by atoms with E-state index in [1.165, 1.54) is 6.07 Å². The van der Waals surface area contributed by atoms with Crippen molar-refractivity contribution in [2.75, 3.05) is 0 Å². The first kappa shape index (κ1) is 8.68. The van der Waals surface area contributed by atoms with Crippen LogP contribution >= 0.6 is 0 Å². The van der Waals surface area contributed by atoms with Crippen molar-refractivity contribution >= 4 is 10.0 Å². The van der Waals surface area contributed by atoms with Crippen molar-refractivity contribution in [3.63, 3.8) is 0 Å². The highest BCUT2D eigenvalue weighted by Crippen LogP contribution is 2.06. The van der Waals surface area contributed by atoms with Gasteiger partial charge >= 0.3 is 0 Å². The molecule has 0 unspecified atom stereocenters. The molecule has 0 aliphatic rings. The first-order chi connectivity index (χ1) is 5.43. The molecule has 66 valence electrons. The second-order valence-electron chi connectivity index (χ2n) is 1.97. The van der Waals surface area contributed by atoms with E-state index in [-0.39, 0.29) is 0 Å². The summed E-state index contributed by atoms with van der Waals surface area (Å²) in [6, 6.07) is 2.28. The van der Waals surface area contributed by atoms with E-state index >= 15 is 0 Å². The molecule has 0 aliphatic carbocycles. The number of nitrogens with two attached hydrogens (primary N) is 1. The summed E-state index contributed by atoms with van der Waals surface area (Å²) in [6.45, 7) is 0. The Bertz CT molecular complexity index is 406. The van der Waals surface area contributed by atoms with Gasteiger partial charge in [0.15, 0.2) is 5.03 Å². The van der Waals surface area contributed by atoms with Crippen molar-refractivity contribution in [1.29, 1.82) is 0 Å². The maximum Gasteiger partial charge on any atom is 0.259 e. The molecule has 0 saturated heterocycles. The summed E-state index contributed by atoms with van der Waals surface area (Å²) in [5, 5.41) is 13.5. The van der Waals surface area contributed by atoms with Crippen molar-refractivity contribution < 1.29 is 13.5 Å². The van der Waals surface area contributed by atoms with E-state index in [9.17, 15) is 18.5 Å². The number of rotatable bonds is 2. The average Bonchev–Trinajstić information content (AvgIpc) is 2.30. The van der Waals surface area contributed by atoms with Crippen LogP contribution in [0.3, 0.4) is 0 Å². The molecule has 12 heavy (non-hydrogen) atoms. The molecule has 0 aromatic carbocycles. The van der Waals surface area contributed by atoms with Crippen molar-refractivity contribution in [3.8, 4) is 0 Å². The summed E-state index contributed by atoms with van der Waals surface area (Å²) < 4.78 is 21.7. The topological polar surface area (TPSA) is 108 Å². The fourth-order valence-corrected chi connectivity index (χ4v) is 1.37. The summed E-state index contributed by atoms with van der Waals surface area (Å²) in [7, 11) is -4.01. The minimum Gasteiger partial charge on any atom is -0.234 e. The van der Waals surface area contributed by atoms with Crippen LogP contribution in [0.1, 0.15) is 0 Å². The Hall–Kier alpha value is -1.41. The monoisotopic (exact) mass is 191 g/mol. The van der Waals surface area contributed by atoms with Gasteiger partial charge in [-0.25, -0.2) is 23.7 Å². The molecule has 0 atom stereocenters. The lowest BCUT2D eigenvalue weighted by molar-refractivity contribution is -0.548. The zero-order chi connectivity index (χ0) is 9.35. The minimum atomic E-state index is -4.01. The highest BCUT2D eigenvalue weighted by molar-refractivity contribution is 7.89. The van der Waals surface area contributed by atoms with Crippen LogP contribution in [-0.4, -0.2) is 18.1 Å². The second-order valence-corrected chi connectivity index (χ2v) is 3.48. The van der Waals surface area contributed by atoms with Crippen LogP contribution in [0.4, 0.5) is 0 Å². The summed E-state index contributed by atoms with van der Waals surface area (Å²) in [6.07, 6.45) is 1.000. The summed E-state index contributed by atoms with van der Waals surface area (Å²) >= 11 is 0. The summed E-state index contributed by atoms with van der Waals surface area (Å²) in [5.41, 5.74) is 0. The van der Waals surface area contributed by atoms with Crippen molar-refractivity contribution in [2.45, 2.75) is 5.03 Å². The van der Waals surface area contributed by atoms with Crippen LogP contribution in [-0.2, 0) is 10.0 Å². The molecule has 1 aromatic rings. The third-order valence-electron chi connectivity index (χ3n) is 1.16. The first-order valence-electron chi connectivity index (χ1n) is 2.78. The van der Waals surface area contributed by atoms with Crippen LogP contribution in [0, 0.1) is 10.1 Å². The van der Waals surface area contributed by atoms with E-state index in [0.717, 1.165) is 12.3 Å². The second kappa shape index (κ2) is 2.57. The molecule has 2 N–H and O–H groups in total. The number of hydrogen-bond acceptors (Lipinski definition) is 4. The molecule has 0 bridgehead atoms. The van der Waals surface area contributed by atoms with Gasteiger partial charge in [0.2, 0.25) is 5.03 Å². The number of hydrogen-bond donors (Lipinski definition) is 1. The van der Waals surface area contributed by atoms with Gasteiger partial charge in [0.1, 0.15) is 0 Å². The predicted molar refractivity (Wildman–Crippen MR) is 38.2 cm³/mol. The van der Waals surface area contributed by atoms with Crippen LogP contribution in [0.2, 0.25) is 0 Å². The Morgan fingerprint density at radius 1 is 1.58 bits per heavy atom. The predicted octanol–water partition coefficient (Wildman–Crippen LogP) is -0.825. The fourth-order valence-electron chi connectivity index (χ4n) is 0.717. The molecule has 0 spiro atoms. The lowest BCUT2D eigenvalue weighted by Gasteiger charge is -1.95. The molecular formula is C4H5N3O4S. The zero-order valence-corrected chi connectivity index (χ0v) is 6.56. The van der Waals surface area contributed by atoms with E-state index in [2.05, 4.69) is 5.14 Å². The minimum absolute atomic E-state index is 0.343. The molecule has 0 aliphatic heterocycles. The lowest BCUT2D eigenvalue weighted by atomic mass is 10.7. The maximum atomic E-state index is 10.7. The quantitative estimate of drug-likeness (QED) is 0.486. The van der Waals surface area contributed by atoms with Gasteiger partial charge in [0.05, 0.1) is 6.20 Å². The number of aromatic nitrogens is 1. The Labute approximate surface area is 67.6 Å². The summed E-state index contributed by atoms with van der Waals surface area (Å²) in [5.74, 6) is 0. The molecule has 0 saturated carbocycles. The molecule has 0 amide bonds. The van der Waals surface area contributed by atoms with E-state index in [0.29, 0.717) is 4.68 Å². The van der Waals surface area contributed by atoms with Gasteiger partial charge in [-0.05, 0) is 12.1 Å². The normalized spacial score (nSPS) is 11.4. The van der Waals surface area contributed by atoms with Crippen LogP contribution in [0.25, 0.3) is 0 Å². The molecule has 0 radical (unpaired) electrons. The third kappa shape index (κ3) is 1.43. The molecule has 7 nitrogen and oxygen atoms in total. The smallest absolute Gasteiger partial charge is 0.234 e. The molecule has 1 aromatic heterocycles. The lowest BCUT2D eigenvalue weighted by Crippen LogP contribution is -2.20. The standard InChI is InChI=1S/C4H5N3O4S/c5-12(10,11)4-2-1-3-6(4)7(8)9/h1-3H,(H2,5,10,11). The van der Waals surface area contributed by atoms with E-state index in [4.69, 9.17) is 0 Å². The van der Waals surface area contributed by atoms with Gasteiger partial charge in [-0.1, -0.05) is 4.68 Å². The van der Waals surface area contributed by atoms with Gasteiger partial charge in [-0.15, -0.1) is 0 Å². The van der Waals surface area contributed by atoms with Gasteiger partial charge in [0.25, 0.3) is 10.0 Å². The molecular weight excluding hydrogens is 186 g/mol. The molecule has 8 heteroatoms. The Morgan fingerprint density at radius 3 is 2.50 bits per heavy atom. The Kier molecular flexibility index (Phi) is 1.86. The Morgan fingerprint density at radius 2 is 2.17 bits per heavy atom. The molecule has 1 rings (SSSR count). The highest BCUT2D eigenvalue weighted by atomic mass is 32.2. The largest absolute Gasteiger partial charge is 0.259 e. The third-order valence-corrected chi connectivity index (χ3v) is 2.07. The van der Waals surface area contributed by atoms with Crippen molar-refractivity contribution in [3.05, 3.63) is 28.4 Å². The average molecular weight is 191 g/mol. The highest BCUT2D eigenvalue weighted by Gasteiger charge is 2.18. The zero-order valence-electron chi connectivity index (χ0n) is 5.75. The number of nitrogens with zero attached hydrogens (tertiary/aromatic N) is 2. The van der Waals surface area contributed by atoms with Crippen molar-refractivity contribution in [1.82, 2.24) is 4.68 Å². The molecule has 0 fully saturated rings. The SMILES string of the molecule is NS(=O)(=O)c1cccn1[N+](=O)[O-]. The number of sulfonamides is 1. The van der Waals surface area contributed by atoms with Crippen LogP contribution in [0.15, 0.2) is 23.4 Å². The van der Waals surface area contributed by atoms with Gasteiger partial charge < -0.3 is 0 Å². The van der Waals surface area contributed by atoms with Gasteiger partial charge in [0, 0.05) is 0 Å². The first-order valence-corrected chi connectivity index (χ1v) is 4.32.